The number of benzene rings is 3. The molecular weight excluding hydrogens is 420 g/mol. The predicted molar refractivity (Wildman–Crippen MR) is 129 cm³/mol. The van der Waals surface area contributed by atoms with Gasteiger partial charge in [0.2, 0.25) is 0 Å². The van der Waals surface area contributed by atoms with Gasteiger partial charge in [0.15, 0.2) is 17.3 Å². The summed E-state index contributed by atoms with van der Waals surface area (Å²) in [5, 5.41) is 12.2. The molecule has 170 valence electrons. The van der Waals surface area contributed by atoms with Gasteiger partial charge in [0.05, 0.1) is 31.5 Å². The molecule has 0 spiro atoms. The molecule has 1 aliphatic heterocycles. The third-order valence-electron chi connectivity index (χ3n) is 6.01. The van der Waals surface area contributed by atoms with Crippen LogP contribution in [0.2, 0.25) is 0 Å². The first-order valence-electron chi connectivity index (χ1n) is 10.7. The number of Topliss-reactive ketones (excluding diaryl/α,β-unsaturated/α-hetero) is 1. The lowest BCUT2D eigenvalue weighted by atomic mass is 9.90. The average molecular weight is 447 g/mol. The second-order valence-corrected chi connectivity index (χ2v) is 7.78. The second-order valence-electron chi connectivity index (χ2n) is 7.78. The van der Waals surface area contributed by atoms with Crippen LogP contribution in [0.15, 0.2) is 66.4 Å². The van der Waals surface area contributed by atoms with Crippen molar-refractivity contribution >= 4 is 34.0 Å². The van der Waals surface area contributed by atoms with Crippen LogP contribution in [0.1, 0.15) is 24.2 Å². The van der Waals surface area contributed by atoms with Crippen LogP contribution in [0.5, 0.6) is 11.5 Å². The molecule has 0 aliphatic carbocycles. The number of hydrogen-bond donors (Lipinski definition) is 1. The molecular formula is C26H26N2O5. The zero-order chi connectivity index (χ0) is 23.7. The second kappa shape index (κ2) is 8.86. The summed E-state index contributed by atoms with van der Waals surface area (Å²) in [5.41, 5.74) is 1.84. The number of fused-ring (bicyclic) bond motifs is 2. The number of ether oxygens (including phenoxy) is 2. The molecule has 1 unspecified atom stereocenters. The van der Waals surface area contributed by atoms with Gasteiger partial charge < -0.3 is 19.5 Å². The SMILES string of the molecule is CCN(C=C1C(=O)c2cc(OC)c(OC)cc2N(C(=O)O)C1C)c1ccc2ccccc2c1. The third-order valence-corrected chi connectivity index (χ3v) is 6.01. The molecule has 0 bridgehead atoms. The van der Waals surface area contributed by atoms with Crippen molar-refractivity contribution in [3.05, 3.63) is 71.9 Å². The zero-order valence-electron chi connectivity index (χ0n) is 19.0. The van der Waals surface area contributed by atoms with Crippen molar-refractivity contribution in [1.29, 1.82) is 0 Å². The van der Waals surface area contributed by atoms with E-state index in [1.165, 1.54) is 25.2 Å². The van der Waals surface area contributed by atoms with Gasteiger partial charge in [-0.1, -0.05) is 30.3 Å². The normalized spacial score (nSPS) is 16.6. The summed E-state index contributed by atoms with van der Waals surface area (Å²) >= 11 is 0. The van der Waals surface area contributed by atoms with Gasteiger partial charge >= 0.3 is 6.09 Å². The molecule has 0 saturated carbocycles. The van der Waals surface area contributed by atoms with Gasteiger partial charge in [-0.15, -0.1) is 0 Å². The van der Waals surface area contributed by atoms with Gasteiger partial charge in [-0.3, -0.25) is 9.69 Å². The van der Waals surface area contributed by atoms with Crippen molar-refractivity contribution in [2.24, 2.45) is 0 Å². The number of rotatable bonds is 5. The van der Waals surface area contributed by atoms with Crippen LogP contribution in [0, 0.1) is 0 Å². The lowest BCUT2D eigenvalue weighted by Gasteiger charge is -2.35. The van der Waals surface area contributed by atoms with Crippen molar-refractivity contribution in [2.75, 3.05) is 30.6 Å². The summed E-state index contributed by atoms with van der Waals surface area (Å²) in [7, 11) is 2.95. The highest BCUT2D eigenvalue weighted by atomic mass is 16.5. The van der Waals surface area contributed by atoms with Gasteiger partial charge in [0.1, 0.15) is 0 Å². The van der Waals surface area contributed by atoms with E-state index in [9.17, 15) is 14.7 Å². The number of nitrogens with zero attached hydrogens (tertiary/aromatic N) is 2. The molecule has 1 N–H and O–H groups in total. The molecule has 7 heteroatoms. The predicted octanol–water partition coefficient (Wildman–Crippen LogP) is 5.34. The van der Waals surface area contributed by atoms with E-state index in [0.29, 0.717) is 23.6 Å². The molecule has 0 fully saturated rings. The van der Waals surface area contributed by atoms with E-state index < -0.39 is 12.1 Å². The molecule has 3 aromatic rings. The van der Waals surface area contributed by atoms with Gasteiger partial charge in [0, 0.05) is 30.1 Å². The smallest absolute Gasteiger partial charge is 0.412 e. The Bertz CT molecular complexity index is 1270. The lowest BCUT2D eigenvalue weighted by molar-refractivity contribution is 0.102. The van der Waals surface area contributed by atoms with Crippen LogP contribution >= 0.6 is 0 Å². The van der Waals surface area contributed by atoms with Crippen LogP contribution < -0.4 is 19.3 Å². The number of carboxylic acid groups (broad SMARTS) is 1. The quantitative estimate of drug-likeness (QED) is 0.533. The van der Waals surface area contributed by atoms with Gasteiger partial charge in [-0.05, 0) is 42.8 Å². The lowest BCUT2D eigenvalue weighted by Crippen LogP contribution is -2.45. The van der Waals surface area contributed by atoms with E-state index in [-0.39, 0.29) is 17.0 Å². The van der Waals surface area contributed by atoms with Crippen molar-refractivity contribution in [1.82, 2.24) is 0 Å². The minimum Gasteiger partial charge on any atom is -0.493 e. The van der Waals surface area contributed by atoms with E-state index >= 15 is 0 Å². The van der Waals surface area contributed by atoms with Crippen molar-refractivity contribution in [3.63, 3.8) is 0 Å². The first kappa shape index (κ1) is 22.2. The Morgan fingerprint density at radius 3 is 2.36 bits per heavy atom. The van der Waals surface area contributed by atoms with Gasteiger partial charge in [-0.2, -0.15) is 0 Å². The highest BCUT2D eigenvalue weighted by molar-refractivity contribution is 6.18. The van der Waals surface area contributed by atoms with Gasteiger partial charge in [0.25, 0.3) is 0 Å². The Labute approximate surface area is 192 Å². The van der Waals surface area contributed by atoms with Crippen molar-refractivity contribution < 1.29 is 24.2 Å². The minimum absolute atomic E-state index is 0.241. The average Bonchev–Trinajstić information content (AvgIpc) is 2.83. The number of carbonyl (C=O) groups is 2. The fourth-order valence-corrected chi connectivity index (χ4v) is 4.25. The van der Waals surface area contributed by atoms with E-state index in [1.807, 2.05) is 48.2 Å². The van der Waals surface area contributed by atoms with E-state index in [1.54, 1.807) is 19.2 Å². The number of carbonyl (C=O) groups excluding carboxylic acids is 1. The van der Waals surface area contributed by atoms with Crippen LogP contribution in [0.25, 0.3) is 10.8 Å². The molecule has 4 rings (SSSR count). The molecule has 1 aliphatic rings. The number of anilines is 2. The summed E-state index contributed by atoms with van der Waals surface area (Å²) in [5.74, 6) is 0.488. The molecule has 0 saturated heterocycles. The molecule has 7 nitrogen and oxygen atoms in total. The minimum atomic E-state index is -1.15. The highest BCUT2D eigenvalue weighted by Crippen LogP contribution is 2.41. The molecule has 1 amide bonds. The highest BCUT2D eigenvalue weighted by Gasteiger charge is 2.38. The maximum atomic E-state index is 13.5. The van der Waals surface area contributed by atoms with Crippen LogP contribution in [0.4, 0.5) is 16.2 Å². The number of hydrogen-bond acceptors (Lipinski definition) is 5. The molecule has 3 aromatic carbocycles. The monoisotopic (exact) mass is 446 g/mol. The maximum Gasteiger partial charge on any atom is 0.412 e. The zero-order valence-corrected chi connectivity index (χ0v) is 19.0. The fraction of sp³-hybridized carbons (Fsp3) is 0.231. The van der Waals surface area contributed by atoms with Gasteiger partial charge in [-0.25, -0.2) is 4.79 Å². The van der Waals surface area contributed by atoms with Crippen molar-refractivity contribution in [2.45, 2.75) is 19.9 Å². The van der Waals surface area contributed by atoms with Crippen molar-refractivity contribution in [3.8, 4) is 11.5 Å². The molecule has 1 heterocycles. The Kier molecular flexibility index (Phi) is 5.96. The largest absolute Gasteiger partial charge is 0.493 e. The number of ketones is 1. The third kappa shape index (κ3) is 3.86. The molecule has 1 atom stereocenters. The first-order valence-corrected chi connectivity index (χ1v) is 10.7. The Balaban J connectivity index is 1.83. The van der Waals surface area contributed by atoms with E-state index in [4.69, 9.17) is 9.47 Å². The summed E-state index contributed by atoms with van der Waals surface area (Å²) in [4.78, 5) is 28.9. The molecule has 0 radical (unpaired) electrons. The van der Waals surface area contributed by atoms with E-state index in [0.717, 1.165) is 16.5 Å². The summed E-state index contributed by atoms with van der Waals surface area (Å²) in [6.07, 6.45) is 0.607. The Morgan fingerprint density at radius 2 is 1.73 bits per heavy atom. The summed E-state index contributed by atoms with van der Waals surface area (Å²) in [6.45, 7) is 4.31. The summed E-state index contributed by atoms with van der Waals surface area (Å²) < 4.78 is 10.7. The Morgan fingerprint density at radius 1 is 1.06 bits per heavy atom. The Hall–Kier alpha value is -4.00. The molecule has 33 heavy (non-hydrogen) atoms. The maximum absolute atomic E-state index is 13.5. The summed E-state index contributed by atoms with van der Waals surface area (Å²) in [6, 6.07) is 16.5. The molecule has 0 aromatic heterocycles. The van der Waals surface area contributed by atoms with Crippen LogP contribution in [0.3, 0.4) is 0 Å². The number of amides is 1. The van der Waals surface area contributed by atoms with Crippen LogP contribution in [-0.2, 0) is 0 Å². The van der Waals surface area contributed by atoms with Crippen LogP contribution in [-0.4, -0.2) is 43.8 Å². The standard InChI is InChI=1S/C26H26N2O5/c1-5-27(19-11-10-17-8-6-7-9-18(17)12-19)15-21-16(2)28(26(30)31)22-14-24(33-4)23(32-3)13-20(22)25(21)29/h6-16H,5H2,1-4H3,(H,30,31). The topological polar surface area (TPSA) is 79.3 Å². The number of methoxy groups -OCH3 is 2. The first-order chi connectivity index (χ1) is 15.9. The van der Waals surface area contributed by atoms with E-state index in [2.05, 4.69) is 6.07 Å². The fourth-order valence-electron chi connectivity index (χ4n) is 4.25.